The number of hydrogen-bond acceptors (Lipinski definition) is 5. The highest BCUT2D eigenvalue weighted by Gasteiger charge is 2.07. The summed E-state index contributed by atoms with van der Waals surface area (Å²) in [4.78, 5) is 8.36. The van der Waals surface area contributed by atoms with Crippen LogP contribution < -0.4 is 16.0 Å². The number of hydrazine groups is 1. The van der Waals surface area contributed by atoms with Crippen LogP contribution in [0, 0.1) is 13.8 Å². The van der Waals surface area contributed by atoms with E-state index in [0.717, 1.165) is 5.75 Å². The molecule has 1 heterocycles. The summed E-state index contributed by atoms with van der Waals surface area (Å²) in [5.41, 5.74) is 5.03. The van der Waals surface area contributed by atoms with Gasteiger partial charge in [0.2, 0.25) is 5.88 Å². The molecule has 0 radical (unpaired) electrons. The molecule has 0 aliphatic carbocycles. The number of nitrogens with two attached hydrogens (primary N) is 1. The van der Waals surface area contributed by atoms with Crippen molar-refractivity contribution in [1.29, 1.82) is 0 Å². The van der Waals surface area contributed by atoms with E-state index in [4.69, 9.17) is 10.6 Å². The maximum Gasteiger partial charge on any atom is 0.224 e. The first-order valence-electron chi connectivity index (χ1n) is 6.60. The molecular weight excluding hydrogens is 252 g/mol. The summed E-state index contributed by atoms with van der Waals surface area (Å²) < 4.78 is 5.77. The van der Waals surface area contributed by atoms with E-state index in [0.29, 0.717) is 23.4 Å². The van der Waals surface area contributed by atoms with E-state index < -0.39 is 0 Å². The largest absolute Gasteiger partial charge is 0.439 e. The summed E-state index contributed by atoms with van der Waals surface area (Å²) in [7, 11) is 0. The molecule has 2 aromatic rings. The van der Waals surface area contributed by atoms with E-state index in [9.17, 15) is 0 Å². The number of nitrogens with zero attached hydrogens (tertiary/aromatic N) is 2. The van der Waals surface area contributed by atoms with E-state index >= 15 is 0 Å². The average Bonchev–Trinajstić information content (AvgIpc) is 2.37. The predicted octanol–water partition coefficient (Wildman–Crippen LogP) is 3.29. The number of benzene rings is 1. The molecule has 0 atom stereocenters. The van der Waals surface area contributed by atoms with Crippen molar-refractivity contribution >= 4 is 5.82 Å². The number of ether oxygens (including phenoxy) is 1. The summed E-state index contributed by atoms with van der Waals surface area (Å²) in [5.74, 6) is 8.23. The number of anilines is 1. The molecule has 0 spiro atoms. The Balaban J connectivity index is 2.26. The molecule has 0 aliphatic rings. The third kappa shape index (κ3) is 3.24. The van der Waals surface area contributed by atoms with Gasteiger partial charge in [-0.05, 0) is 43.0 Å². The molecule has 0 saturated carbocycles. The molecule has 0 unspecified atom stereocenters. The lowest BCUT2D eigenvalue weighted by molar-refractivity contribution is 0.459. The molecule has 1 aromatic carbocycles. The van der Waals surface area contributed by atoms with Crippen molar-refractivity contribution in [2.45, 2.75) is 33.6 Å². The zero-order valence-corrected chi connectivity index (χ0v) is 12.3. The average molecular weight is 272 g/mol. The Labute approximate surface area is 119 Å². The van der Waals surface area contributed by atoms with Crippen molar-refractivity contribution in [3.05, 3.63) is 41.2 Å². The van der Waals surface area contributed by atoms with Crippen LogP contribution >= 0.6 is 0 Å². The van der Waals surface area contributed by atoms with Crippen molar-refractivity contribution in [3.8, 4) is 11.6 Å². The summed E-state index contributed by atoms with van der Waals surface area (Å²) in [5, 5.41) is 0. The fraction of sp³-hybridized carbons (Fsp3) is 0.333. The molecule has 106 valence electrons. The van der Waals surface area contributed by atoms with Gasteiger partial charge in [0.15, 0.2) is 0 Å². The highest BCUT2D eigenvalue weighted by atomic mass is 16.5. The third-order valence-electron chi connectivity index (χ3n) is 3.05. The molecule has 5 heteroatoms. The standard InChI is InChI=1S/C15H20N4O/c1-9(2)13-6-5-12(7-10(13)3)20-15-8-14(19-16)17-11(4)18-15/h5-9H,16H2,1-4H3,(H,17,18,19). The Hall–Kier alpha value is -2.14. The van der Waals surface area contributed by atoms with E-state index in [1.807, 2.05) is 12.1 Å². The van der Waals surface area contributed by atoms with E-state index in [1.54, 1.807) is 13.0 Å². The lowest BCUT2D eigenvalue weighted by atomic mass is 9.98. The fourth-order valence-electron chi connectivity index (χ4n) is 2.15. The molecule has 2 rings (SSSR count). The number of aromatic nitrogens is 2. The van der Waals surface area contributed by atoms with Crippen LogP contribution in [-0.4, -0.2) is 9.97 Å². The second-order valence-corrected chi connectivity index (χ2v) is 5.06. The minimum Gasteiger partial charge on any atom is -0.439 e. The van der Waals surface area contributed by atoms with Gasteiger partial charge in [-0.25, -0.2) is 10.8 Å². The van der Waals surface area contributed by atoms with Crippen LogP contribution in [0.25, 0.3) is 0 Å². The van der Waals surface area contributed by atoms with Crippen molar-refractivity contribution < 1.29 is 4.74 Å². The molecule has 0 aliphatic heterocycles. The maximum atomic E-state index is 5.77. The molecule has 20 heavy (non-hydrogen) atoms. The minimum atomic E-state index is 0.474. The SMILES string of the molecule is Cc1nc(NN)cc(Oc2ccc(C(C)C)c(C)c2)n1. The van der Waals surface area contributed by atoms with Gasteiger partial charge in [-0.3, -0.25) is 0 Å². The zero-order chi connectivity index (χ0) is 14.7. The van der Waals surface area contributed by atoms with Crippen molar-refractivity contribution in [1.82, 2.24) is 9.97 Å². The molecule has 1 aromatic heterocycles. The first-order valence-corrected chi connectivity index (χ1v) is 6.60. The Morgan fingerprint density at radius 1 is 1.15 bits per heavy atom. The molecular formula is C15H20N4O. The van der Waals surface area contributed by atoms with Gasteiger partial charge in [-0.1, -0.05) is 19.9 Å². The van der Waals surface area contributed by atoms with Gasteiger partial charge in [0.05, 0.1) is 0 Å². The molecule has 0 bridgehead atoms. The molecule has 5 nitrogen and oxygen atoms in total. The number of aryl methyl sites for hydroxylation is 2. The number of rotatable bonds is 4. The molecule has 0 fully saturated rings. The van der Waals surface area contributed by atoms with Gasteiger partial charge in [0.1, 0.15) is 17.4 Å². The van der Waals surface area contributed by atoms with Crippen LogP contribution in [0.15, 0.2) is 24.3 Å². The monoisotopic (exact) mass is 272 g/mol. The topological polar surface area (TPSA) is 73.1 Å². The summed E-state index contributed by atoms with van der Waals surface area (Å²) in [6, 6.07) is 7.72. The Bertz CT molecular complexity index is 611. The van der Waals surface area contributed by atoms with Crippen LogP contribution in [0.3, 0.4) is 0 Å². The maximum absolute atomic E-state index is 5.77. The quantitative estimate of drug-likeness (QED) is 0.660. The van der Waals surface area contributed by atoms with Crippen LogP contribution in [0.5, 0.6) is 11.6 Å². The van der Waals surface area contributed by atoms with Crippen molar-refractivity contribution in [3.63, 3.8) is 0 Å². The molecule has 3 N–H and O–H groups in total. The lowest BCUT2D eigenvalue weighted by Crippen LogP contribution is -2.09. The Morgan fingerprint density at radius 2 is 1.90 bits per heavy atom. The second-order valence-electron chi connectivity index (χ2n) is 5.06. The summed E-state index contributed by atoms with van der Waals surface area (Å²) in [6.45, 7) is 8.23. The Kier molecular flexibility index (Phi) is 4.20. The van der Waals surface area contributed by atoms with Gasteiger partial charge < -0.3 is 10.2 Å². The van der Waals surface area contributed by atoms with Crippen molar-refractivity contribution in [2.24, 2.45) is 5.84 Å². The van der Waals surface area contributed by atoms with Crippen LogP contribution in [0.1, 0.15) is 36.7 Å². The smallest absolute Gasteiger partial charge is 0.224 e. The molecule has 0 saturated heterocycles. The number of nitrogens with one attached hydrogen (secondary N) is 1. The number of nitrogen functional groups attached to an aromatic ring is 1. The van der Waals surface area contributed by atoms with E-state index in [1.165, 1.54) is 11.1 Å². The van der Waals surface area contributed by atoms with Crippen LogP contribution in [0.2, 0.25) is 0 Å². The van der Waals surface area contributed by atoms with Gasteiger partial charge in [0.25, 0.3) is 0 Å². The van der Waals surface area contributed by atoms with Gasteiger partial charge >= 0.3 is 0 Å². The lowest BCUT2D eigenvalue weighted by Gasteiger charge is -2.12. The highest BCUT2D eigenvalue weighted by Crippen LogP contribution is 2.26. The first-order chi connectivity index (χ1) is 9.49. The minimum absolute atomic E-state index is 0.474. The highest BCUT2D eigenvalue weighted by molar-refractivity contribution is 5.41. The fourth-order valence-corrected chi connectivity index (χ4v) is 2.15. The van der Waals surface area contributed by atoms with Gasteiger partial charge in [0, 0.05) is 6.07 Å². The first kappa shape index (κ1) is 14.3. The number of hydrogen-bond donors (Lipinski definition) is 2. The summed E-state index contributed by atoms with van der Waals surface area (Å²) >= 11 is 0. The normalized spacial score (nSPS) is 10.7. The zero-order valence-electron chi connectivity index (χ0n) is 12.3. The van der Waals surface area contributed by atoms with E-state index in [-0.39, 0.29) is 0 Å². The van der Waals surface area contributed by atoms with Crippen molar-refractivity contribution in [2.75, 3.05) is 5.43 Å². The van der Waals surface area contributed by atoms with E-state index in [2.05, 4.69) is 42.2 Å². The van der Waals surface area contributed by atoms with Crippen LogP contribution in [-0.2, 0) is 0 Å². The van der Waals surface area contributed by atoms with Gasteiger partial charge in [-0.15, -0.1) is 0 Å². The summed E-state index contributed by atoms with van der Waals surface area (Å²) in [6.07, 6.45) is 0. The van der Waals surface area contributed by atoms with Crippen LogP contribution in [0.4, 0.5) is 5.82 Å². The second kappa shape index (κ2) is 5.88. The van der Waals surface area contributed by atoms with Gasteiger partial charge in [-0.2, -0.15) is 4.98 Å². The predicted molar refractivity (Wildman–Crippen MR) is 79.9 cm³/mol. The molecule has 0 amide bonds. The third-order valence-corrected chi connectivity index (χ3v) is 3.05. The Morgan fingerprint density at radius 3 is 2.50 bits per heavy atom.